The molecule has 0 saturated carbocycles. The molecule has 0 unspecified atom stereocenters. The van der Waals surface area contributed by atoms with Crippen LogP contribution in [0.15, 0.2) is 42.5 Å². The molecular formula is C13H10N2S. The molecule has 3 N–H and O–H groups in total. The highest BCUT2D eigenvalue weighted by molar-refractivity contribution is 7.72. The number of hydrogen-bond acceptors (Lipinski definition) is 2. The van der Waals surface area contributed by atoms with Crippen LogP contribution in [0.4, 0.5) is 5.69 Å². The van der Waals surface area contributed by atoms with Gasteiger partial charge in [-0.1, -0.05) is 30.4 Å². The van der Waals surface area contributed by atoms with Gasteiger partial charge in [0.05, 0.1) is 4.51 Å². The van der Waals surface area contributed by atoms with Crippen LogP contribution in [0.1, 0.15) is 0 Å². The van der Waals surface area contributed by atoms with Gasteiger partial charge in [-0.15, -0.1) is 0 Å². The van der Waals surface area contributed by atoms with Crippen molar-refractivity contribution in [2.75, 3.05) is 5.73 Å². The van der Waals surface area contributed by atoms with Gasteiger partial charge in [-0.2, -0.15) is 0 Å². The van der Waals surface area contributed by atoms with Crippen LogP contribution in [0.5, 0.6) is 0 Å². The molecule has 2 aromatic carbocycles. The van der Waals surface area contributed by atoms with E-state index in [-0.39, 0.29) is 0 Å². The van der Waals surface area contributed by atoms with Gasteiger partial charge in [-0.25, -0.2) is 0 Å². The highest BCUT2D eigenvalue weighted by Gasteiger charge is 2.01. The fraction of sp³-hybridized carbons (Fsp3) is 0. The predicted octanol–water partition coefficient (Wildman–Crippen LogP) is 3.63. The Bertz CT molecular complexity index is 744. The van der Waals surface area contributed by atoms with Crippen molar-refractivity contribution in [2.45, 2.75) is 0 Å². The quantitative estimate of drug-likeness (QED) is 0.349. The van der Waals surface area contributed by atoms with Crippen LogP contribution in [-0.4, -0.2) is 4.98 Å². The number of pyridine rings is 1. The summed E-state index contributed by atoms with van der Waals surface area (Å²) >= 11 is 5.48. The number of nitrogens with two attached hydrogens (primary N) is 1. The van der Waals surface area contributed by atoms with Crippen molar-refractivity contribution in [3.05, 3.63) is 47.0 Å². The Hall–Kier alpha value is -1.87. The number of aromatic amines is 1. The molecule has 78 valence electrons. The van der Waals surface area contributed by atoms with Crippen LogP contribution in [0.3, 0.4) is 0 Å². The average molecular weight is 226 g/mol. The van der Waals surface area contributed by atoms with Crippen LogP contribution in [0.2, 0.25) is 0 Å². The van der Waals surface area contributed by atoms with Gasteiger partial charge in [-0.05, 0) is 24.3 Å². The lowest BCUT2D eigenvalue weighted by molar-refractivity contribution is 1.49. The fourth-order valence-electron chi connectivity index (χ4n) is 1.94. The minimum atomic E-state index is 0.738. The molecule has 3 aromatic rings. The van der Waals surface area contributed by atoms with Crippen molar-refractivity contribution in [3.63, 3.8) is 0 Å². The first kappa shape index (κ1) is 9.36. The Kier molecular flexibility index (Phi) is 1.94. The van der Waals surface area contributed by atoms with E-state index in [0.717, 1.165) is 32.0 Å². The molecule has 1 aromatic heterocycles. The van der Waals surface area contributed by atoms with E-state index >= 15 is 0 Å². The minimum absolute atomic E-state index is 0.738. The molecule has 0 aliphatic heterocycles. The summed E-state index contributed by atoms with van der Waals surface area (Å²) in [5, 5.41) is 2.07. The number of para-hydroxylation sites is 1. The molecule has 0 saturated heterocycles. The number of anilines is 1. The monoisotopic (exact) mass is 226 g/mol. The molecule has 0 radical (unpaired) electrons. The van der Waals surface area contributed by atoms with E-state index in [4.69, 9.17) is 18.0 Å². The molecule has 1 heterocycles. The lowest BCUT2D eigenvalue weighted by Gasteiger charge is -2.04. The zero-order valence-corrected chi connectivity index (χ0v) is 9.34. The maximum atomic E-state index is 5.78. The second-order valence-electron chi connectivity index (χ2n) is 3.80. The second-order valence-corrected chi connectivity index (χ2v) is 4.21. The van der Waals surface area contributed by atoms with Gasteiger partial charge in [0.2, 0.25) is 0 Å². The van der Waals surface area contributed by atoms with Gasteiger partial charge >= 0.3 is 0 Å². The third kappa shape index (κ3) is 1.29. The van der Waals surface area contributed by atoms with Crippen molar-refractivity contribution < 1.29 is 0 Å². The number of nitrogens with one attached hydrogen (secondary N) is 1. The van der Waals surface area contributed by atoms with Crippen LogP contribution < -0.4 is 5.73 Å². The van der Waals surface area contributed by atoms with Crippen LogP contribution in [-0.2, 0) is 0 Å². The summed E-state index contributed by atoms with van der Waals surface area (Å²) in [6.45, 7) is 0. The van der Waals surface area contributed by atoms with Crippen LogP contribution in [0.25, 0.3) is 21.8 Å². The lowest BCUT2D eigenvalue weighted by atomic mass is 10.1. The molecule has 0 aliphatic carbocycles. The number of fused-ring (bicyclic) bond motifs is 2. The van der Waals surface area contributed by atoms with Crippen molar-refractivity contribution in [1.82, 2.24) is 4.98 Å². The number of rotatable bonds is 0. The minimum Gasteiger partial charge on any atom is -0.399 e. The molecule has 0 spiro atoms. The molecule has 0 atom stereocenters. The number of H-pyrrole nitrogens is 1. The Morgan fingerprint density at radius 3 is 2.56 bits per heavy atom. The first-order chi connectivity index (χ1) is 7.75. The lowest BCUT2D eigenvalue weighted by Crippen LogP contribution is -1.87. The van der Waals surface area contributed by atoms with Gasteiger partial charge in [0, 0.05) is 27.5 Å². The van der Waals surface area contributed by atoms with Gasteiger partial charge < -0.3 is 10.7 Å². The number of aromatic nitrogens is 1. The van der Waals surface area contributed by atoms with Gasteiger partial charge in [0.25, 0.3) is 0 Å². The van der Waals surface area contributed by atoms with Crippen LogP contribution in [0, 0.1) is 4.51 Å². The summed E-state index contributed by atoms with van der Waals surface area (Å²) < 4.78 is 0.858. The van der Waals surface area contributed by atoms with E-state index in [1.54, 1.807) is 0 Å². The Morgan fingerprint density at radius 1 is 0.938 bits per heavy atom. The number of hydrogen-bond donors (Lipinski definition) is 2. The van der Waals surface area contributed by atoms with Crippen molar-refractivity contribution in [2.24, 2.45) is 0 Å². The van der Waals surface area contributed by atoms with Gasteiger partial charge in [0.15, 0.2) is 0 Å². The zero-order valence-electron chi connectivity index (χ0n) is 8.53. The Morgan fingerprint density at radius 2 is 1.69 bits per heavy atom. The molecular weight excluding hydrogens is 216 g/mol. The van der Waals surface area contributed by atoms with E-state index < -0.39 is 0 Å². The molecule has 2 nitrogen and oxygen atoms in total. The maximum absolute atomic E-state index is 5.78. The van der Waals surface area contributed by atoms with E-state index in [1.807, 2.05) is 42.5 Å². The van der Waals surface area contributed by atoms with Crippen molar-refractivity contribution in [3.8, 4) is 0 Å². The molecule has 0 aliphatic rings. The Labute approximate surface area is 97.7 Å². The summed E-state index contributed by atoms with van der Waals surface area (Å²) in [4.78, 5) is 3.36. The zero-order chi connectivity index (χ0) is 11.1. The maximum Gasteiger partial charge on any atom is 0.0564 e. The standard InChI is InChI=1S/C13H10N2S/c14-8-5-6-12-10(7-8)13(16)9-3-1-2-4-11(9)15-12/h1-7H,14H2,(H,15,16). The van der Waals surface area contributed by atoms with Crippen molar-refractivity contribution in [1.29, 1.82) is 0 Å². The largest absolute Gasteiger partial charge is 0.399 e. The van der Waals surface area contributed by atoms with E-state index in [1.165, 1.54) is 0 Å². The van der Waals surface area contributed by atoms with E-state index in [2.05, 4.69) is 4.98 Å². The van der Waals surface area contributed by atoms with Crippen molar-refractivity contribution >= 4 is 39.7 Å². The fourth-order valence-corrected chi connectivity index (χ4v) is 2.29. The molecule has 16 heavy (non-hydrogen) atoms. The summed E-state index contributed by atoms with van der Waals surface area (Å²) in [5.41, 5.74) is 8.60. The predicted molar refractivity (Wildman–Crippen MR) is 71.1 cm³/mol. The molecule has 0 bridgehead atoms. The molecule has 0 fully saturated rings. The smallest absolute Gasteiger partial charge is 0.0564 e. The highest BCUT2D eigenvalue weighted by atomic mass is 32.1. The second kappa shape index (κ2) is 3.32. The summed E-state index contributed by atoms with van der Waals surface area (Å²) in [6, 6.07) is 13.8. The summed E-state index contributed by atoms with van der Waals surface area (Å²) in [5.74, 6) is 0. The van der Waals surface area contributed by atoms with E-state index in [0.29, 0.717) is 0 Å². The first-order valence-electron chi connectivity index (χ1n) is 5.06. The number of benzene rings is 2. The molecule has 0 amide bonds. The molecule has 3 heteroatoms. The van der Waals surface area contributed by atoms with E-state index in [9.17, 15) is 0 Å². The highest BCUT2D eigenvalue weighted by Crippen LogP contribution is 2.23. The Balaban J connectivity index is 2.61. The average Bonchev–Trinajstić information content (AvgIpc) is 2.31. The number of nitrogen functional groups attached to an aromatic ring is 1. The SMILES string of the molecule is Nc1ccc2[nH]c3ccccc3c(=S)c2c1. The summed E-state index contributed by atoms with van der Waals surface area (Å²) in [7, 11) is 0. The summed E-state index contributed by atoms with van der Waals surface area (Å²) in [6.07, 6.45) is 0. The normalized spacial score (nSPS) is 11.0. The molecule has 3 rings (SSSR count). The topological polar surface area (TPSA) is 41.8 Å². The van der Waals surface area contributed by atoms with Gasteiger partial charge in [-0.3, -0.25) is 0 Å². The van der Waals surface area contributed by atoms with Crippen LogP contribution >= 0.6 is 12.2 Å². The first-order valence-corrected chi connectivity index (χ1v) is 5.47. The third-order valence-corrected chi connectivity index (χ3v) is 3.17. The third-order valence-electron chi connectivity index (χ3n) is 2.73. The van der Waals surface area contributed by atoms with Gasteiger partial charge in [0.1, 0.15) is 0 Å².